The summed E-state index contributed by atoms with van der Waals surface area (Å²) in [5.41, 5.74) is 0.865. The lowest BCUT2D eigenvalue weighted by molar-refractivity contribution is 0.269. The van der Waals surface area contributed by atoms with Crippen LogP contribution in [0, 0.1) is 0 Å². The fourth-order valence-corrected chi connectivity index (χ4v) is 1.06. The number of benzene rings is 1. The van der Waals surface area contributed by atoms with Gasteiger partial charge in [-0.05, 0) is 12.1 Å². The van der Waals surface area contributed by atoms with Gasteiger partial charge in [0.1, 0.15) is 12.5 Å². The summed E-state index contributed by atoms with van der Waals surface area (Å²) < 4.78 is 0. The summed E-state index contributed by atoms with van der Waals surface area (Å²) in [6.07, 6.45) is 3.80. The van der Waals surface area contributed by atoms with Crippen molar-refractivity contribution in [2.45, 2.75) is 0 Å². The molecule has 0 unspecified atom stereocenters. The van der Waals surface area contributed by atoms with Crippen LogP contribution in [0.2, 0.25) is 0 Å². The number of para-hydroxylation sites is 1. The second-order valence-electron chi connectivity index (χ2n) is 2.59. The number of amides is 1. The van der Waals surface area contributed by atoms with Crippen LogP contribution in [0.3, 0.4) is 0 Å². The Balaban J connectivity index is 2.59. The van der Waals surface area contributed by atoms with Gasteiger partial charge in [0, 0.05) is 5.69 Å². The summed E-state index contributed by atoms with van der Waals surface area (Å²) in [7, 11) is -0.211. The van der Waals surface area contributed by atoms with Gasteiger partial charge < -0.3 is 0 Å². The summed E-state index contributed by atoms with van der Waals surface area (Å²) in [5.74, 6) is 0. The van der Waals surface area contributed by atoms with Gasteiger partial charge >= 0.3 is 5.24 Å². The molecule has 0 atom stereocenters. The van der Waals surface area contributed by atoms with Gasteiger partial charge in [-0.3, -0.25) is 5.32 Å². The quantitative estimate of drug-likeness (QED) is 0.662. The molecule has 0 bridgehead atoms. The summed E-state index contributed by atoms with van der Waals surface area (Å²) >= 11 is 0. The Morgan fingerprint density at radius 3 is 2.33 bits per heavy atom. The molecule has 1 amide bonds. The van der Waals surface area contributed by atoms with Gasteiger partial charge in [-0.2, -0.15) is 0 Å². The number of nitrogens with one attached hydrogen (secondary N) is 1. The molecular weight excluding hydrogens is 170 g/mol. The molecule has 0 aliphatic heterocycles. The number of rotatable bonds is 1. The smallest absolute Gasteiger partial charge is 0.281 e. The Bertz CT molecular complexity index is 258. The predicted octanol–water partition coefficient (Wildman–Crippen LogP) is 2.10. The van der Waals surface area contributed by atoms with E-state index in [2.05, 4.69) is 5.32 Å². The van der Waals surface area contributed by atoms with Crippen molar-refractivity contribution in [3.05, 3.63) is 30.3 Å². The highest BCUT2D eigenvalue weighted by atomic mass is 32.2. The minimum Gasteiger partial charge on any atom is -0.281 e. The van der Waals surface area contributed by atoms with E-state index < -0.39 is 0 Å². The van der Waals surface area contributed by atoms with Crippen LogP contribution in [0.25, 0.3) is 0 Å². The molecule has 1 aromatic carbocycles. The summed E-state index contributed by atoms with van der Waals surface area (Å²) in [5, 5.41) is 2.90. The zero-order chi connectivity index (χ0) is 8.97. The van der Waals surface area contributed by atoms with E-state index in [0.717, 1.165) is 5.69 Å². The topological polar surface area (TPSA) is 29.1 Å². The molecule has 2 nitrogen and oxygen atoms in total. The van der Waals surface area contributed by atoms with E-state index in [1.807, 2.05) is 42.8 Å². The maximum Gasteiger partial charge on any atom is 0.433 e. The van der Waals surface area contributed by atoms with Gasteiger partial charge in [0.15, 0.2) is 0 Å². The van der Waals surface area contributed by atoms with Crippen molar-refractivity contribution >= 4 is 21.8 Å². The third-order valence-electron chi connectivity index (χ3n) is 1.39. The van der Waals surface area contributed by atoms with Gasteiger partial charge in [0.05, 0.1) is 10.9 Å². The molecule has 0 radical (unpaired) electrons. The highest BCUT2D eigenvalue weighted by Crippen LogP contribution is 2.06. The highest BCUT2D eigenvalue weighted by molar-refractivity contribution is 8.10. The number of carbonyl (C=O) groups is 1. The van der Waals surface area contributed by atoms with Gasteiger partial charge in [-0.25, -0.2) is 4.79 Å². The largest absolute Gasteiger partial charge is 0.433 e. The number of carbonyl (C=O) groups excluding carboxylic acids is 1. The van der Waals surface area contributed by atoms with Crippen LogP contribution in [0.4, 0.5) is 10.5 Å². The van der Waals surface area contributed by atoms with Crippen molar-refractivity contribution in [1.82, 2.24) is 0 Å². The van der Waals surface area contributed by atoms with Crippen molar-refractivity contribution in [3.63, 3.8) is 0 Å². The van der Waals surface area contributed by atoms with Gasteiger partial charge in [0.2, 0.25) is 0 Å². The lowest BCUT2D eigenvalue weighted by Crippen LogP contribution is -2.18. The van der Waals surface area contributed by atoms with Crippen LogP contribution in [0.15, 0.2) is 30.3 Å². The Morgan fingerprint density at radius 1 is 1.25 bits per heavy atom. The molecule has 3 heteroatoms. The molecule has 1 N–H and O–H groups in total. The second kappa shape index (κ2) is 4.16. The Morgan fingerprint density at radius 2 is 1.83 bits per heavy atom. The first kappa shape index (κ1) is 9.13. The van der Waals surface area contributed by atoms with E-state index in [-0.39, 0.29) is 16.1 Å². The zero-order valence-electron chi connectivity index (χ0n) is 7.20. The van der Waals surface area contributed by atoms with Crippen LogP contribution < -0.4 is 5.32 Å². The molecule has 1 rings (SSSR count). The summed E-state index contributed by atoms with van der Waals surface area (Å²) in [6, 6.07) is 9.49. The van der Waals surface area contributed by atoms with Crippen molar-refractivity contribution in [3.8, 4) is 0 Å². The van der Waals surface area contributed by atoms with Crippen molar-refractivity contribution in [2.75, 3.05) is 17.8 Å². The Kier molecular flexibility index (Phi) is 3.17. The molecule has 64 valence electrons. The first-order chi connectivity index (χ1) is 5.70. The van der Waals surface area contributed by atoms with E-state index in [4.69, 9.17) is 0 Å². The molecule has 1 aromatic rings. The minimum absolute atomic E-state index is 0.0844. The van der Waals surface area contributed by atoms with E-state index in [1.54, 1.807) is 0 Å². The summed E-state index contributed by atoms with van der Waals surface area (Å²) in [6.45, 7) is 0. The molecule has 0 heterocycles. The lowest BCUT2D eigenvalue weighted by atomic mass is 10.3. The normalized spacial score (nSPS) is 9.92. The molecule has 0 fully saturated rings. The van der Waals surface area contributed by atoms with Gasteiger partial charge in [-0.15, -0.1) is 0 Å². The molecule has 0 spiro atoms. The van der Waals surface area contributed by atoms with E-state index in [9.17, 15) is 4.79 Å². The van der Waals surface area contributed by atoms with Crippen LogP contribution in [-0.2, 0) is 10.9 Å². The average molecular weight is 182 g/mol. The molecule has 0 saturated carbocycles. The molecule has 12 heavy (non-hydrogen) atoms. The third kappa shape index (κ3) is 2.58. The monoisotopic (exact) mass is 182 g/mol. The Hall–Kier alpha value is -0.960. The maximum absolute atomic E-state index is 11.2. The standard InChI is InChI=1S/C9H11NOS/c1-12(2)9(11)10-8-6-4-3-5-7-8/h3-7H,1-2H3/p+1. The maximum atomic E-state index is 11.2. The van der Waals surface area contributed by atoms with Crippen LogP contribution >= 0.6 is 0 Å². The number of hydrogen-bond acceptors (Lipinski definition) is 1. The average Bonchev–Trinajstić information content (AvgIpc) is 2.06. The van der Waals surface area contributed by atoms with Crippen molar-refractivity contribution in [1.29, 1.82) is 0 Å². The first-order valence-electron chi connectivity index (χ1n) is 3.64. The van der Waals surface area contributed by atoms with Crippen molar-refractivity contribution in [2.24, 2.45) is 0 Å². The van der Waals surface area contributed by atoms with Crippen LogP contribution in [0.5, 0.6) is 0 Å². The first-order valence-corrected chi connectivity index (χ1v) is 5.68. The number of hydrogen-bond donors (Lipinski definition) is 1. The van der Waals surface area contributed by atoms with E-state index in [0.29, 0.717) is 0 Å². The minimum atomic E-state index is -0.211. The predicted molar refractivity (Wildman–Crippen MR) is 54.7 cm³/mol. The molecule has 0 aliphatic carbocycles. The van der Waals surface area contributed by atoms with Gasteiger partial charge in [-0.1, -0.05) is 18.2 Å². The summed E-state index contributed by atoms with van der Waals surface area (Å²) in [4.78, 5) is 11.2. The fourth-order valence-electron chi connectivity index (χ4n) is 0.741. The Labute approximate surface area is 75.3 Å². The fraction of sp³-hybridized carbons (Fsp3) is 0.222. The zero-order valence-corrected chi connectivity index (χ0v) is 8.02. The van der Waals surface area contributed by atoms with Crippen LogP contribution in [-0.4, -0.2) is 17.8 Å². The molecular formula is C9H12NOS+. The lowest BCUT2D eigenvalue weighted by Gasteiger charge is -1.99. The number of anilines is 1. The SMILES string of the molecule is C[S+](C)C(=O)Nc1ccccc1. The van der Waals surface area contributed by atoms with Gasteiger partial charge in [0.25, 0.3) is 0 Å². The van der Waals surface area contributed by atoms with E-state index in [1.165, 1.54) is 0 Å². The molecule has 0 aromatic heterocycles. The second-order valence-corrected chi connectivity index (χ2v) is 4.60. The van der Waals surface area contributed by atoms with E-state index >= 15 is 0 Å². The highest BCUT2D eigenvalue weighted by Gasteiger charge is 2.15. The molecule has 0 aliphatic rings. The van der Waals surface area contributed by atoms with Crippen molar-refractivity contribution < 1.29 is 4.79 Å². The third-order valence-corrected chi connectivity index (χ3v) is 2.23. The van der Waals surface area contributed by atoms with Crippen LogP contribution in [0.1, 0.15) is 0 Å². The molecule has 0 saturated heterocycles.